The minimum atomic E-state index is -0.457. The fourth-order valence-corrected chi connectivity index (χ4v) is 5.15. The minimum absolute atomic E-state index is 0.0165. The fourth-order valence-electron chi connectivity index (χ4n) is 5.15. The van der Waals surface area contributed by atoms with Gasteiger partial charge in [-0.05, 0) is 61.3 Å². The summed E-state index contributed by atoms with van der Waals surface area (Å²) in [6.07, 6.45) is 1.77. The molecule has 0 unspecified atom stereocenters. The van der Waals surface area contributed by atoms with E-state index in [-0.39, 0.29) is 11.3 Å². The molecule has 1 aliphatic rings. The van der Waals surface area contributed by atoms with Gasteiger partial charge < -0.3 is 14.6 Å². The monoisotopic (exact) mass is 526 g/mol. The molecule has 2 heterocycles. The van der Waals surface area contributed by atoms with Crippen LogP contribution in [-0.4, -0.2) is 60.1 Å². The van der Waals surface area contributed by atoms with Crippen molar-refractivity contribution in [2.45, 2.75) is 25.8 Å². The second-order valence-corrected chi connectivity index (χ2v) is 9.94. The zero-order chi connectivity index (χ0) is 27.2. The smallest absolute Gasteiger partial charge is 0.328 e. The van der Waals surface area contributed by atoms with E-state index in [4.69, 9.17) is 4.74 Å². The van der Waals surface area contributed by atoms with Gasteiger partial charge in [0.2, 0.25) is 0 Å². The molecule has 4 aromatic rings. The number of carbonyl (C=O) groups is 1. The number of aryl methyl sites for hydroxylation is 1. The van der Waals surface area contributed by atoms with E-state index in [1.165, 1.54) is 10.3 Å². The molecule has 0 spiro atoms. The molecule has 1 saturated heterocycles. The van der Waals surface area contributed by atoms with Crippen molar-refractivity contribution >= 4 is 22.4 Å². The van der Waals surface area contributed by atoms with Gasteiger partial charge in [0.15, 0.2) is 5.78 Å². The molecule has 1 aromatic heterocycles. The van der Waals surface area contributed by atoms with Crippen molar-refractivity contribution in [3.8, 4) is 5.75 Å². The number of piperazine rings is 1. The molecule has 1 fully saturated rings. The Hall–Kier alpha value is -4.17. The maximum Gasteiger partial charge on any atom is 0.328 e. The number of Topliss-reactive ketones (excluding diaryl/α,β-unsaturated/α-hetero) is 1. The van der Waals surface area contributed by atoms with Crippen molar-refractivity contribution in [1.82, 2.24) is 14.5 Å². The number of nitrogens with one attached hydrogen (secondary N) is 1. The van der Waals surface area contributed by atoms with Crippen molar-refractivity contribution in [3.05, 3.63) is 105 Å². The summed E-state index contributed by atoms with van der Waals surface area (Å²) in [7, 11) is 1.67. The molecular formula is C31H34N4O4. The number of methoxy groups -OCH3 is 1. The number of hydrogen-bond acceptors (Lipinski definition) is 6. The van der Waals surface area contributed by atoms with E-state index in [2.05, 4.69) is 26.9 Å². The number of anilines is 1. The minimum Gasteiger partial charge on any atom is -0.497 e. The lowest BCUT2D eigenvalue weighted by Gasteiger charge is -2.36. The molecule has 8 heteroatoms. The highest BCUT2D eigenvalue weighted by atomic mass is 16.5. The summed E-state index contributed by atoms with van der Waals surface area (Å²) in [5, 5.41) is 0.411. The van der Waals surface area contributed by atoms with Gasteiger partial charge in [-0.1, -0.05) is 36.4 Å². The van der Waals surface area contributed by atoms with Crippen LogP contribution in [0.5, 0.6) is 5.75 Å². The number of aromatic nitrogens is 2. The lowest BCUT2D eigenvalue weighted by atomic mass is 10.0. The number of benzene rings is 3. The predicted octanol–water partition coefficient (Wildman–Crippen LogP) is 3.73. The van der Waals surface area contributed by atoms with Crippen molar-refractivity contribution in [1.29, 1.82) is 0 Å². The van der Waals surface area contributed by atoms with Crippen molar-refractivity contribution < 1.29 is 9.53 Å². The molecule has 1 N–H and O–H groups in total. The summed E-state index contributed by atoms with van der Waals surface area (Å²) >= 11 is 0. The highest BCUT2D eigenvalue weighted by molar-refractivity contribution is 5.99. The van der Waals surface area contributed by atoms with Crippen LogP contribution in [0.3, 0.4) is 0 Å². The van der Waals surface area contributed by atoms with E-state index in [1.807, 2.05) is 42.5 Å². The Morgan fingerprint density at radius 2 is 1.64 bits per heavy atom. The third-order valence-corrected chi connectivity index (χ3v) is 7.46. The topological polar surface area (TPSA) is 87.6 Å². The molecule has 1 aliphatic heterocycles. The lowest BCUT2D eigenvalue weighted by molar-refractivity contribution is 0.0974. The Bertz CT molecular complexity index is 1540. The third kappa shape index (κ3) is 6.29. The van der Waals surface area contributed by atoms with E-state index >= 15 is 0 Å². The number of nitrogens with zero attached hydrogens (tertiary/aromatic N) is 3. The van der Waals surface area contributed by atoms with E-state index in [9.17, 15) is 14.4 Å². The largest absolute Gasteiger partial charge is 0.497 e. The first-order chi connectivity index (χ1) is 19.0. The number of aromatic amines is 1. The molecule has 0 bridgehead atoms. The average Bonchev–Trinajstić information content (AvgIpc) is 2.97. The van der Waals surface area contributed by atoms with Crippen LogP contribution in [-0.2, 0) is 13.0 Å². The first-order valence-electron chi connectivity index (χ1n) is 13.5. The number of carbonyl (C=O) groups excluding carboxylic acids is 1. The van der Waals surface area contributed by atoms with Gasteiger partial charge in [-0.3, -0.25) is 19.1 Å². The van der Waals surface area contributed by atoms with E-state index < -0.39 is 5.69 Å². The summed E-state index contributed by atoms with van der Waals surface area (Å²) in [5.41, 5.74) is 2.39. The van der Waals surface area contributed by atoms with Crippen LogP contribution < -0.4 is 20.9 Å². The van der Waals surface area contributed by atoms with Crippen molar-refractivity contribution in [3.63, 3.8) is 0 Å². The van der Waals surface area contributed by atoms with Crippen LogP contribution in [0.15, 0.2) is 82.4 Å². The normalized spacial score (nSPS) is 14.0. The summed E-state index contributed by atoms with van der Waals surface area (Å²) in [4.78, 5) is 46.1. The quantitative estimate of drug-likeness (QED) is 0.317. The summed E-state index contributed by atoms with van der Waals surface area (Å²) in [5.74, 6) is 0.874. The Morgan fingerprint density at radius 1 is 0.897 bits per heavy atom. The number of fused-ring (bicyclic) bond motifs is 1. The highest BCUT2D eigenvalue weighted by Crippen LogP contribution is 2.21. The standard InChI is InChI=1S/C31H34N4O4/c1-39-26-12-10-25(11-13-26)34-20-18-33(19-21-34)16-5-8-29(36)24-9-14-27-28(22-24)32-31(38)35(30(27)37)17-15-23-6-3-2-4-7-23/h2-4,6-7,9-14,22H,5,8,15-21H2,1H3,(H,32,38). The molecule has 5 rings (SSSR count). The van der Waals surface area contributed by atoms with Gasteiger partial charge in [-0.25, -0.2) is 4.79 Å². The number of hydrogen-bond donors (Lipinski definition) is 1. The van der Waals surface area contributed by atoms with Gasteiger partial charge in [0.1, 0.15) is 5.75 Å². The maximum absolute atomic E-state index is 13.0. The second kappa shape index (κ2) is 12.1. The molecule has 8 nitrogen and oxygen atoms in total. The lowest BCUT2D eigenvalue weighted by Crippen LogP contribution is -2.46. The Balaban J connectivity index is 1.14. The second-order valence-electron chi connectivity index (χ2n) is 9.94. The summed E-state index contributed by atoms with van der Waals surface area (Å²) in [6, 6.07) is 22.9. The van der Waals surface area contributed by atoms with Gasteiger partial charge in [-0.2, -0.15) is 0 Å². The molecule has 39 heavy (non-hydrogen) atoms. The van der Waals surface area contributed by atoms with Crippen LogP contribution in [0.25, 0.3) is 10.9 Å². The Kier molecular flexibility index (Phi) is 8.22. The number of H-pyrrole nitrogens is 1. The Morgan fingerprint density at radius 3 is 2.36 bits per heavy atom. The molecule has 202 valence electrons. The van der Waals surface area contributed by atoms with Crippen LogP contribution in [0.2, 0.25) is 0 Å². The van der Waals surface area contributed by atoms with Gasteiger partial charge in [-0.15, -0.1) is 0 Å². The predicted molar refractivity (Wildman–Crippen MR) is 154 cm³/mol. The maximum atomic E-state index is 13.0. The molecule has 0 saturated carbocycles. The van der Waals surface area contributed by atoms with Gasteiger partial charge >= 0.3 is 5.69 Å². The van der Waals surface area contributed by atoms with Crippen LogP contribution >= 0.6 is 0 Å². The zero-order valence-electron chi connectivity index (χ0n) is 22.3. The average molecular weight is 527 g/mol. The van der Waals surface area contributed by atoms with Crippen molar-refractivity contribution in [2.75, 3.05) is 44.7 Å². The van der Waals surface area contributed by atoms with Gasteiger partial charge in [0.05, 0.1) is 18.0 Å². The first-order valence-corrected chi connectivity index (χ1v) is 13.5. The van der Waals surface area contributed by atoms with Crippen LogP contribution in [0.1, 0.15) is 28.8 Å². The highest BCUT2D eigenvalue weighted by Gasteiger charge is 2.18. The Labute approximate surface area is 227 Å². The summed E-state index contributed by atoms with van der Waals surface area (Å²) in [6.45, 7) is 4.95. The molecule has 3 aromatic carbocycles. The van der Waals surface area contributed by atoms with E-state index in [0.29, 0.717) is 35.9 Å². The zero-order valence-corrected chi connectivity index (χ0v) is 22.3. The van der Waals surface area contributed by atoms with Gasteiger partial charge in [0, 0.05) is 50.4 Å². The fraction of sp³-hybridized carbons (Fsp3) is 0.323. The number of rotatable bonds is 10. The molecule has 0 atom stereocenters. The number of ether oxygens (including phenoxy) is 1. The van der Waals surface area contributed by atoms with Crippen molar-refractivity contribution in [2.24, 2.45) is 0 Å². The van der Waals surface area contributed by atoms with Gasteiger partial charge in [0.25, 0.3) is 5.56 Å². The summed E-state index contributed by atoms with van der Waals surface area (Å²) < 4.78 is 6.47. The number of ketones is 1. The molecule has 0 radical (unpaired) electrons. The van der Waals surface area contributed by atoms with E-state index in [0.717, 1.165) is 50.5 Å². The molecule has 0 amide bonds. The molecule has 0 aliphatic carbocycles. The third-order valence-electron chi connectivity index (χ3n) is 7.46. The van der Waals surface area contributed by atoms with Crippen LogP contribution in [0.4, 0.5) is 5.69 Å². The molecular weight excluding hydrogens is 492 g/mol. The SMILES string of the molecule is COc1ccc(N2CCN(CCCC(=O)c3ccc4c(=O)n(CCc5ccccc5)c(=O)[nH]c4c3)CC2)cc1. The first kappa shape index (κ1) is 26.4. The van der Waals surface area contributed by atoms with Crippen LogP contribution in [0, 0.1) is 0 Å². The van der Waals surface area contributed by atoms with E-state index in [1.54, 1.807) is 25.3 Å².